The number of anilines is 1. The number of nitrogens with two attached hydrogens (primary N) is 1. The number of nitrogen functional groups attached to an aromatic ring is 1. The first kappa shape index (κ1) is 12.8. The van der Waals surface area contributed by atoms with E-state index in [9.17, 15) is 0 Å². The molecule has 94 valence electrons. The van der Waals surface area contributed by atoms with E-state index in [0.29, 0.717) is 5.82 Å². The molecule has 0 amide bonds. The van der Waals surface area contributed by atoms with Crippen LogP contribution in [-0.4, -0.2) is 21.9 Å². The molecule has 0 radical (unpaired) electrons. The van der Waals surface area contributed by atoms with E-state index in [0.717, 1.165) is 23.8 Å². The molecule has 0 atom stereocenters. The van der Waals surface area contributed by atoms with Crippen LogP contribution in [0.1, 0.15) is 11.3 Å². The molecule has 4 nitrogen and oxygen atoms in total. The van der Waals surface area contributed by atoms with Gasteiger partial charge in [0.1, 0.15) is 5.82 Å². The first-order valence-electron chi connectivity index (χ1n) is 5.63. The molecule has 0 bridgehead atoms. The van der Waals surface area contributed by atoms with Crippen molar-refractivity contribution in [2.24, 2.45) is 0 Å². The van der Waals surface area contributed by atoms with E-state index < -0.39 is 0 Å². The average molecular weight is 263 g/mol. The summed E-state index contributed by atoms with van der Waals surface area (Å²) < 4.78 is 0. The molecule has 2 aromatic rings. The van der Waals surface area contributed by atoms with Gasteiger partial charge in [0.2, 0.25) is 0 Å². The maximum atomic E-state index is 5.85. The van der Waals surface area contributed by atoms with Gasteiger partial charge in [-0.2, -0.15) is 0 Å². The summed E-state index contributed by atoms with van der Waals surface area (Å²) in [4.78, 5) is 10.4. The Hall–Kier alpha value is -1.65. The van der Waals surface area contributed by atoms with Gasteiger partial charge < -0.3 is 5.73 Å². The molecule has 0 fully saturated rings. The van der Waals surface area contributed by atoms with Crippen LogP contribution >= 0.6 is 11.6 Å². The summed E-state index contributed by atoms with van der Waals surface area (Å²) in [6.45, 7) is 1.57. The Morgan fingerprint density at radius 2 is 1.83 bits per heavy atom. The van der Waals surface area contributed by atoms with Gasteiger partial charge in [0.05, 0.1) is 18.1 Å². The van der Waals surface area contributed by atoms with Crippen molar-refractivity contribution in [2.45, 2.75) is 13.1 Å². The number of hydrogen-bond donors (Lipinski definition) is 1. The number of hydrogen-bond acceptors (Lipinski definition) is 4. The van der Waals surface area contributed by atoms with Crippen molar-refractivity contribution in [2.75, 3.05) is 12.8 Å². The molecule has 1 aromatic carbocycles. The second kappa shape index (κ2) is 5.80. The van der Waals surface area contributed by atoms with Crippen molar-refractivity contribution in [3.05, 3.63) is 52.9 Å². The van der Waals surface area contributed by atoms with Gasteiger partial charge in [0.25, 0.3) is 0 Å². The summed E-state index contributed by atoms with van der Waals surface area (Å²) in [5.41, 5.74) is 7.61. The van der Waals surface area contributed by atoms with Gasteiger partial charge in [-0.15, -0.1) is 0 Å². The van der Waals surface area contributed by atoms with Crippen LogP contribution < -0.4 is 5.73 Å². The molecule has 0 spiro atoms. The summed E-state index contributed by atoms with van der Waals surface area (Å²) in [5, 5.41) is 0.755. The maximum absolute atomic E-state index is 5.85. The smallest absolute Gasteiger partial charge is 0.141 e. The monoisotopic (exact) mass is 262 g/mol. The van der Waals surface area contributed by atoms with Gasteiger partial charge in [-0.3, -0.25) is 9.88 Å². The molecule has 0 saturated carbocycles. The van der Waals surface area contributed by atoms with E-state index in [1.54, 1.807) is 12.4 Å². The van der Waals surface area contributed by atoms with Crippen LogP contribution in [-0.2, 0) is 13.1 Å². The van der Waals surface area contributed by atoms with Crippen LogP contribution in [0.25, 0.3) is 0 Å². The highest BCUT2D eigenvalue weighted by molar-refractivity contribution is 6.30. The second-order valence-corrected chi connectivity index (χ2v) is 4.67. The van der Waals surface area contributed by atoms with Crippen LogP contribution in [0.5, 0.6) is 0 Å². The molecule has 2 N–H and O–H groups in total. The van der Waals surface area contributed by atoms with Gasteiger partial charge in [-0.25, -0.2) is 4.98 Å². The number of halogens is 1. The lowest BCUT2D eigenvalue weighted by molar-refractivity contribution is 0.314. The van der Waals surface area contributed by atoms with Gasteiger partial charge >= 0.3 is 0 Å². The molecule has 0 aliphatic rings. The zero-order valence-corrected chi connectivity index (χ0v) is 10.9. The lowest BCUT2D eigenvalue weighted by atomic mass is 10.2. The highest BCUT2D eigenvalue weighted by atomic mass is 35.5. The molecule has 0 saturated heterocycles. The number of aromatic nitrogens is 2. The third-order valence-electron chi connectivity index (χ3n) is 2.52. The zero-order chi connectivity index (χ0) is 13.0. The Morgan fingerprint density at radius 3 is 2.44 bits per heavy atom. The van der Waals surface area contributed by atoms with Gasteiger partial charge in [0.15, 0.2) is 0 Å². The van der Waals surface area contributed by atoms with Crippen LogP contribution in [0, 0.1) is 0 Å². The average Bonchev–Trinajstić information content (AvgIpc) is 2.35. The maximum Gasteiger partial charge on any atom is 0.141 e. The van der Waals surface area contributed by atoms with E-state index in [1.165, 1.54) is 5.56 Å². The standard InChI is InChI=1S/C13H15ClN4/c1-18(8-10-2-4-11(14)5-3-10)9-12-6-17-13(15)7-16-12/h2-7H,8-9H2,1H3,(H2,15,17). The predicted molar refractivity (Wildman–Crippen MR) is 73.1 cm³/mol. The lowest BCUT2D eigenvalue weighted by Gasteiger charge is -2.16. The van der Waals surface area contributed by atoms with E-state index in [4.69, 9.17) is 17.3 Å². The molecule has 1 heterocycles. The molecule has 1 aromatic heterocycles. The molecule has 2 rings (SSSR count). The third-order valence-corrected chi connectivity index (χ3v) is 2.77. The normalized spacial score (nSPS) is 10.8. The van der Waals surface area contributed by atoms with Crippen LogP contribution in [0.4, 0.5) is 5.82 Å². The fraction of sp³-hybridized carbons (Fsp3) is 0.231. The summed E-state index contributed by atoms with van der Waals surface area (Å²) in [7, 11) is 2.03. The van der Waals surface area contributed by atoms with E-state index in [2.05, 4.69) is 14.9 Å². The minimum absolute atomic E-state index is 0.444. The molecular formula is C13H15ClN4. The Morgan fingerprint density at radius 1 is 1.11 bits per heavy atom. The Balaban J connectivity index is 1.94. The Bertz CT molecular complexity index is 448. The van der Waals surface area contributed by atoms with Crippen molar-refractivity contribution in [1.29, 1.82) is 0 Å². The summed E-state index contributed by atoms with van der Waals surface area (Å²) in [6, 6.07) is 7.84. The molecule has 5 heteroatoms. The second-order valence-electron chi connectivity index (χ2n) is 4.23. The minimum atomic E-state index is 0.444. The van der Waals surface area contributed by atoms with Crippen LogP contribution in [0.3, 0.4) is 0 Å². The summed E-state index contributed by atoms with van der Waals surface area (Å²) in [5.74, 6) is 0.444. The van der Waals surface area contributed by atoms with E-state index in [-0.39, 0.29) is 0 Å². The third kappa shape index (κ3) is 3.68. The highest BCUT2D eigenvalue weighted by Gasteiger charge is 2.03. The molecule has 0 unspecified atom stereocenters. The fourth-order valence-electron chi connectivity index (χ4n) is 1.68. The summed E-state index contributed by atoms with van der Waals surface area (Å²) >= 11 is 5.85. The predicted octanol–water partition coefficient (Wildman–Crippen LogP) is 2.34. The summed E-state index contributed by atoms with van der Waals surface area (Å²) in [6.07, 6.45) is 3.28. The van der Waals surface area contributed by atoms with Crippen LogP contribution in [0.15, 0.2) is 36.7 Å². The topological polar surface area (TPSA) is 55.0 Å². The first-order chi connectivity index (χ1) is 8.63. The minimum Gasteiger partial charge on any atom is -0.382 e. The zero-order valence-electron chi connectivity index (χ0n) is 10.2. The van der Waals surface area contributed by atoms with Crippen molar-refractivity contribution in [3.63, 3.8) is 0 Å². The quantitative estimate of drug-likeness (QED) is 0.919. The number of benzene rings is 1. The first-order valence-corrected chi connectivity index (χ1v) is 6.00. The van der Waals surface area contributed by atoms with Gasteiger partial charge in [-0.05, 0) is 24.7 Å². The van der Waals surface area contributed by atoms with Crippen molar-refractivity contribution in [3.8, 4) is 0 Å². The molecule has 0 aliphatic heterocycles. The van der Waals surface area contributed by atoms with Gasteiger partial charge in [-0.1, -0.05) is 23.7 Å². The van der Waals surface area contributed by atoms with Crippen LogP contribution in [0.2, 0.25) is 5.02 Å². The number of nitrogens with zero attached hydrogens (tertiary/aromatic N) is 3. The molecule has 0 aliphatic carbocycles. The van der Waals surface area contributed by atoms with Crippen molar-refractivity contribution >= 4 is 17.4 Å². The van der Waals surface area contributed by atoms with Crippen molar-refractivity contribution < 1.29 is 0 Å². The highest BCUT2D eigenvalue weighted by Crippen LogP contribution is 2.11. The van der Waals surface area contributed by atoms with Gasteiger partial charge in [0, 0.05) is 18.1 Å². The van der Waals surface area contributed by atoms with E-state index in [1.807, 2.05) is 31.3 Å². The molecular weight excluding hydrogens is 248 g/mol. The Kier molecular flexibility index (Phi) is 4.12. The molecule has 18 heavy (non-hydrogen) atoms. The SMILES string of the molecule is CN(Cc1ccc(Cl)cc1)Cc1cnc(N)cn1. The number of rotatable bonds is 4. The lowest BCUT2D eigenvalue weighted by Crippen LogP contribution is -2.18. The van der Waals surface area contributed by atoms with E-state index >= 15 is 0 Å². The largest absolute Gasteiger partial charge is 0.382 e. The fourth-order valence-corrected chi connectivity index (χ4v) is 1.81. The van der Waals surface area contributed by atoms with Crippen molar-refractivity contribution in [1.82, 2.24) is 14.9 Å². The Labute approximate surface area is 111 Å².